The maximum atomic E-state index is 12.2. The van der Waals surface area contributed by atoms with Gasteiger partial charge in [-0.3, -0.25) is 0 Å². The number of alkyl halides is 6. The van der Waals surface area contributed by atoms with Crippen LogP contribution in [-0.4, -0.2) is 22.7 Å². The lowest BCUT2D eigenvalue weighted by Gasteiger charge is -2.13. The Kier molecular flexibility index (Phi) is 3.71. The lowest BCUT2D eigenvalue weighted by atomic mass is 10.2. The molecule has 1 N–H and O–H groups in total. The molecule has 0 spiro atoms. The van der Waals surface area contributed by atoms with Crippen molar-refractivity contribution in [1.29, 1.82) is 0 Å². The van der Waals surface area contributed by atoms with Gasteiger partial charge in [-0.2, -0.15) is 0 Å². The Morgan fingerprint density at radius 3 is 1.76 bits per heavy atom. The molecule has 114 valence electrons. The van der Waals surface area contributed by atoms with Crippen molar-refractivity contribution in [1.82, 2.24) is 9.97 Å². The van der Waals surface area contributed by atoms with Crippen LogP contribution in [-0.2, 0) is 0 Å². The van der Waals surface area contributed by atoms with Crippen LogP contribution in [0.2, 0.25) is 0 Å². The fourth-order valence-corrected chi connectivity index (χ4v) is 1.52. The van der Waals surface area contributed by atoms with Gasteiger partial charge in [-0.1, -0.05) is 0 Å². The van der Waals surface area contributed by atoms with Crippen molar-refractivity contribution in [2.45, 2.75) is 12.7 Å². The Balaban J connectivity index is 2.41. The molecule has 0 atom stereocenters. The van der Waals surface area contributed by atoms with Crippen LogP contribution < -0.4 is 9.47 Å². The molecule has 0 radical (unpaired) electrons. The van der Waals surface area contributed by atoms with E-state index in [2.05, 4.69) is 19.4 Å². The van der Waals surface area contributed by atoms with Crippen LogP contribution in [0.4, 0.5) is 26.3 Å². The van der Waals surface area contributed by atoms with Crippen molar-refractivity contribution in [3.05, 3.63) is 30.6 Å². The molecule has 0 fully saturated rings. The lowest BCUT2D eigenvalue weighted by Crippen LogP contribution is -2.19. The number of nitrogens with one attached hydrogen (secondary N) is 1. The molecule has 2 rings (SSSR count). The van der Waals surface area contributed by atoms with E-state index in [0.29, 0.717) is 6.07 Å². The third-order valence-corrected chi connectivity index (χ3v) is 2.12. The number of halogens is 6. The maximum Gasteiger partial charge on any atom is 0.573 e. The maximum absolute atomic E-state index is 12.2. The first kappa shape index (κ1) is 15.0. The van der Waals surface area contributed by atoms with Crippen LogP contribution in [0, 0.1) is 0 Å². The third-order valence-electron chi connectivity index (χ3n) is 2.12. The molecule has 0 aliphatic heterocycles. The molecule has 4 nitrogen and oxygen atoms in total. The molecule has 0 bridgehead atoms. The summed E-state index contributed by atoms with van der Waals surface area (Å²) >= 11 is 0. The summed E-state index contributed by atoms with van der Waals surface area (Å²) in [5.74, 6) is -1.64. The van der Waals surface area contributed by atoms with E-state index in [9.17, 15) is 26.3 Å². The minimum Gasteiger partial charge on any atom is -0.406 e. The Labute approximate surface area is 113 Å². The highest BCUT2D eigenvalue weighted by atomic mass is 19.4. The number of aromatic nitrogens is 2. The minimum atomic E-state index is -5.04. The van der Waals surface area contributed by atoms with Gasteiger partial charge in [0.2, 0.25) is 0 Å². The summed E-state index contributed by atoms with van der Waals surface area (Å²) in [6, 6.07) is 2.25. The van der Waals surface area contributed by atoms with Crippen LogP contribution in [0.25, 0.3) is 11.4 Å². The minimum absolute atomic E-state index is 0.0546. The average molecular weight is 312 g/mol. The summed E-state index contributed by atoms with van der Waals surface area (Å²) < 4.78 is 80.3. The van der Waals surface area contributed by atoms with E-state index in [-0.39, 0.29) is 11.4 Å². The first-order chi connectivity index (χ1) is 9.62. The normalized spacial score (nSPS) is 12.3. The molecule has 2 aromatic rings. The number of H-pyrrole nitrogens is 1. The van der Waals surface area contributed by atoms with Crippen molar-refractivity contribution >= 4 is 0 Å². The third kappa shape index (κ3) is 4.58. The molecule has 0 unspecified atom stereocenters. The largest absolute Gasteiger partial charge is 0.573 e. The second kappa shape index (κ2) is 5.19. The molecule has 1 aromatic heterocycles. The number of imidazole rings is 1. The molecule has 0 aliphatic carbocycles. The fourth-order valence-electron chi connectivity index (χ4n) is 1.52. The van der Waals surface area contributed by atoms with Crippen LogP contribution >= 0.6 is 0 Å². The fraction of sp³-hybridized carbons (Fsp3) is 0.182. The molecule has 1 aromatic carbocycles. The molecule has 10 heteroatoms. The summed E-state index contributed by atoms with van der Waals surface area (Å²) in [7, 11) is 0. The van der Waals surface area contributed by atoms with E-state index in [0.717, 1.165) is 12.1 Å². The Morgan fingerprint density at radius 1 is 0.857 bits per heavy atom. The number of nitrogens with zero attached hydrogens (tertiary/aromatic N) is 1. The highest BCUT2D eigenvalue weighted by Gasteiger charge is 2.34. The van der Waals surface area contributed by atoms with Crippen molar-refractivity contribution in [3.8, 4) is 22.9 Å². The lowest BCUT2D eigenvalue weighted by molar-refractivity contribution is -0.276. The number of aromatic amines is 1. The SMILES string of the molecule is FC(F)(F)Oc1cc(OC(F)(F)F)cc(-c2ncc[nH]2)c1. The van der Waals surface area contributed by atoms with Gasteiger partial charge in [-0.25, -0.2) is 4.98 Å². The number of hydrogen-bond donors (Lipinski definition) is 1. The van der Waals surface area contributed by atoms with Gasteiger partial charge in [0, 0.05) is 24.0 Å². The van der Waals surface area contributed by atoms with Gasteiger partial charge in [0.15, 0.2) is 0 Å². The molecular formula is C11H6F6N2O2. The molecule has 1 heterocycles. The van der Waals surface area contributed by atoms with Gasteiger partial charge in [-0.05, 0) is 12.1 Å². The number of benzene rings is 1. The van der Waals surface area contributed by atoms with Gasteiger partial charge in [-0.15, -0.1) is 26.3 Å². The van der Waals surface area contributed by atoms with E-state index in [1.54, 1.807) is 0 Å². The summed E-state index contributed by atoms with van der Waals surface area (Å²) in [4.78, 5) is 6.28. The monoisotopic (exact) mass is 312 g/mol. The van der Waals surface area contributed by atoms with Gasteiger partial charge < -0.3 is 14.5 Å². The number of ether oxygens (including phenoxy) is 2. The second-order valence-corrected chi connectivity index (χ2v) is 3.73. The van der Waals surface area contributed by atoms with Gasteiger partial charge in [0.05, 0.1) is 0 Å². The van der Waals surface area contributed by atoms with E-state index in [1.165, 1.54) is 12.4 Å². The highest BCUT2D eigenvalue weighted by molar-refractivity contribution is 5.60. The van der Waals surface area contributed by atoms with Crippen molar-refractivity contribution in [2.24, 2.45) is 0 Å². The topological polar surface area (TPSA) is 47.1 Å². The zero-order valence-corrected chi connectivity index (χ0v) is 9.92. The number of rotatable bonds is 3. The summed E-state index contributed by atoms with van der Waals surface area (Å²) in [6.07, 6.45) is -7.44. The molecule has 0 amide bonds. The summed E-state index contributed by atoms with van der Waals surface area (Å²) in [5.41, 5.74) is -0.0546. The molecular weight excluding hydrogens is 306 g/mol. The van der Waals surface area contributed by atoms with E-state index in [4.69, 9.17) is 0 Å². The molecule has 0 saturated heterocycles. The molecule has 0 saturated carbocycles. The van der Waals surface area contributed by atoms with E-state index < -0.39 is 24.2 Å². The number of hydrogen-bond acceptors (Lipinski definition) is 3. The molecule has 21 heavy (non-hydrogen) atoms. The van der Waals surface area contributed by atoms with Gasteiger partial charge in [0.25, 0.3) is 0 Å². The van der Waals surface area contributed by atoms with Gasteiger partial charge in [0.1, 0.15) is 17.3 Å². The smallest absolute Gasteiger partial charge is 0.406 e. The highest BCUT2D eigenvalue weighted by Crippen LogP contribution is 2.33. The second-order valence-electron chi connectivity index (χ2n) is 3.73. The Hall–Kier alpha value is -2.39. The van der Waals surface area contributed by atoms with E-state index in [1.807, 2.05) is 0 Å². The van der Waals surface area contributed by atoms with Crippen LogP contribution in [0.3, 0.4) is 0 Å². The first-order valence-corrected chi connectivity index (χ1v) is 5.29. The summed E-state index contributed by atoms with van der Waals surface area (Å²) in [6.45, 7) is 0. The predicted octanol–water partition coefficient (Wildman–Crippen LogP) is 3.87. The Bertz CT molecular complexity index is 572. The summed E-state index contributed by atoms with van der Waals surface area (Å²) in [5, 5.41) is 0. The van der Waals surface area contributed by atoms with Crippen molar-refractivity contribution < 1.29 is 35.8 Å². The zero-order chi connectivity index (χ0) is 15.7. The van der Waals surface area contributed by atoms with Crippen LogP contribution in [0.15, 0.2) is 30.6 Å². The van der Waals surface area contributed by atoms with Crippen molar-refractivity contribution in [3.63, 3.8) is 0 Å². The molecule has 0 aliphatic rings. The first-order valence-electron chi connectivity index (χ1n) is 5.29. The Morgan fingerprint density at radius 2 is 1.38 bits per heavy atom. The predicted molar refractivity (Wildman–Crippen MR) is 57.4 cm³/mol. The van der Waals surface area contributed by atoms with E-state index >= 15 is 0 Å². The quantitative estimate of drug-likeness (QED) is 0.875. The van der Waals surface area contributed by atoms with Crippen LogP contribution in [0.5, 0.6) is 11.5 Å². The zero-order valence-electron chi connectivity index (χ0n) is 9.92. The standard InChI is InChI=1S/C11H6F6N2O2/c12-10(13,14)20-7-3-6(9-18-1-2-19-9)4-8(5-7)21-11(15,16)17/h1-5H,(H,18,19). The van der Waals surface area contributed by atoms with Gasteiger partial charge >= 0.3 is 12.7 Å². The van der Waals surface area contributed by atoms with Crippen LogP contribution in [0.1, 0.15) is 0 Å². The average Bonchev–Trinajstić information content (AvgIpc) is 2.76. The van der Waals surface area contributed by atoms with Crippen molar-refractivity contribution in [2.75, 3.05) is 0 Å².